The van der Waals surface area contributed by atoms with Gasteiger partial charge < -0.3 is 14.8 Å². The first kappa shape index (κ1) is 25.9. The third-order valence-corrected chi connectivity index (χ3v) is 6.68. The van der Waals surface area contributed by atoms with Crippen molar-refractivity contribution in [2.24, 2.45) is 0 Å². The van der Waals surface area contributed by atoms with Gasteiger partial charge in [-0.1, -0.05) is 48.2 Å². The van der Waals surface area contributed by atoms with Gasteiger partial charge >= 0.3 is 0 Å². The lowest BCUT2D eigenvalue weighted by Crippen LogP contribution is -2.27. The molecule has 188 valence electrons. The van der Waals surface area contributed by atoms with E-state index in [2.05, 4.69) is 5.32 Å². The van der Waals surface area contributed by atoms with Gasteiger partial charge in [0.15, 0.2) is 22.4 Å². The summed E-state index contributed by atoms with van der Waals surface area (Å²) >= 11 is 6.50. The van der Waals surface area contributed by atoms with Crippen molar-refractivity contribution in [1.82, 2.24) is 0 Å². The molecule has 0 aromatic heterocycles. The molecule has 37 heavy (non-hydrogen) atoms. The van der Waals surface area contributed by atoms with Crippen molar-refractivity contribution >= 4 is 63.3 Å². The normalized spacial score (nSPS) is 14.1. The second-order valence-corrected chi connectivity index (χ2v) is 9.53. The van der Waals surface area contributed by atoms with Gasteiger partial charge in [0.1, 0.15) is 0 Å². The molecule has 3 aromatic carbocycles. The summed E-state index contributed by atoms with van der Waals surface area (Å²) in [7, 11) is 1.48. The molecule has 0 spiro atoms. The highest BCUT2D eigenvalue weighted by Gasteiger charge is 2.33. The number of carbonyl (C=O) groups excluding carboxylic acids is 2. The van der Waals surface area contributed by atoms with Crippen LogP contribution in [0.25, 0.3) is 6.08 Å². The number of nitrogens with zero attached hydrogens (tertiary/aromatic N) is 2. The van der Waals surface area contributed by atoms with Crippen LogP contribution in [0.4, 0.5) is 17.1 Å². The third kappa shape index (κ3) is 5.96. The van der Waals surface area contributed by atoms with Crippen LogP contribution in [0, 0.1) is 17.0 Å². The largest absolute Gasteiger partial charge is 0.493 e. The van der Waals surface area contributed by atoms with Gasteiger partial charge in [0.2, 0.25) is 0 Å². The van der Waals surface area contributed by atoms with E-state index in [0.29, 0.717) is 37.7 Å². The molecule has 2 amide bonds. The number of benzene rings is 3. The van der Waals surface area contributed by atoms with Gasteiger partial charge in [0.25, 0.3) is 17.5 Å². The zero-order chi connectivity index (χ0) is 26.5. The van der Waals surface area contributed by atoms with E-state index >= 15 is 0 Å². The van der Waals surface area contributed by atoms with E-state index in [1.807, 2.05) is 31.2 Å². The molecule has 3 aromatic rings. The Hall–Kier alpha value is -4.22. The number of non-ortho nitro benzene ring substituents is 1. The first-order chi connectivity index (χ1) is 17.8. The van der Waals surface area contributed by atoms with Crippen LogP contribution >= 0.6 is 24.0 Å². The maximum atomic E-state index is 13.0. The number of aryl methyl sites for hydroxylation is 1. The fraction of sp³-hybridized carbons (Fsp3) is 0.115. The Morgan fingerprint density at radius 1 is 1.14 bits per heavy atom. The maximum Gasteiger partial charge on any atom is 0.270 e. The predicted molar refractivity (Wildman–Crippen MR) is 147 cm³/mol. The molecular weight excluding hydrogens is 514 g/mol. The number of methoxy groups -OCH3 is 1. The van der Waals surface area contributed by atoms with Crippen molar-refractivity contribution in [1.29, 1.82) is 0 Å². The quantitative estimate of drug-likeness (QED) is 0.178. The zero-order valence-electron chi connectivity index (χ0n) is 19.8. The minimum absolute atomic E-state index is 0.0770. The van der Waals surface area contributed by atoms with Gasteiger partial charge in [-0.2, -0.15) is 0 Å². The summed E-state index contributed by atoms with van der Waals surface area (Å²) in [6, 6.07) is 18.1. The SMILES string of the molecule is COc1cc(/C=C2/SC(=S)N(c3ccc([N+](=O)[O-])cc3)C2=O)ccc1OCC(=O)Nc1ccccc1C. The van der Waals surface area contributed by atoms with Crippen LogP contribution in [0.3, 0.4) is 0 Å². The van der Waals surface area contributed by atoms with Crippen molar-refractivity contribution < 1.29 is 24.0 Å². The molecule has 0 radical (unpaired) electrons. The molecule has 0 atom stereocenters. The lowest BCUT2D eigenvalue weighted by molar-refractivity contribution is -0.384. The highest BCUT2D eigenvalue weighted by molar-refractivity contribution is 8.27. The fourth-order valence-electron chi connectivity index (χ4n) is 3.50. The van der Waals surface area contributed by atoms with Gasteiger partial charge in [-0.15, -0.1) is 0 Å². The molecule has 0 bridgehead atoms. The zero-order valence-corrected chi connectivity index (χ0v) is 21.4. The van der Waals surface area contributed by atoms with Gasteiger partial charge in [0, 0.05) is 17.8 Å². The first-order valence-corrected chi connectivity index (χ1v) is 12.2. The van der Waals surface area contributed by atoms with Crippen LogP contribution in [0.5, 0.6) is 11.5 Å². The number of thiocarbonyl (C=S) groups is 1. The van der Waals surface area contributed by atoms with Gasteiger partial charge in [-0.3, -0.25) is 24.6 Å². The second kappa shape index (κ2) is 11.2. The van der Waals surface area contributed by atoms with Crippen LogP contribution in [0.15, 0.2) is 71.6 Å². The van der Waals surface area contributed by atoms with Crippen LogP contribution in [-0.2, 0) is 9.59 Å². The summed E-state index contributed by atoms with van der Waals surface area (Å²) in [6.07, 6.45) is 1.67. The maximum absolute atomic E-state index is 13.0. The van der Waals surface area contributed by atoms with E-state index in [4.69, 9.17) is 21.7 Å². The van der Waals surface area contributed by atoms with E-state index in [-0.39, 0.29) is 24.1 Å². The number of ether oxygens (including phenoxy) is 2. The van der Waals surface area contributed by atoms with Crippen molar-refractivity contribution in [3.8, 4) is 11.5 Å². The van der Waals surface area contributed by atoms with Crippen molar-refractivity contribution in [2.45, 2.75) is 6.92 Å². The number of thioether (sulfide) groups is 1. The molecule has 1 aliphatic rings. The van der Waals surface area contributed by atoms with Gasteiger partial charge in [-0.25, -0.2) is 0 Å². The summed E-state index contributed by atoms with van der Waals surface area (Å²) in [5.41, 5.74) is 2.69. The number of para-hydroxylation sites is 1. The van der Waals surface area contributed by atoms with Crippen LogP contribution in [0.1, 0.15) is 11.1 Å². The first-order valence-electron chi connectivity index (χ1n) is 11.0. The predicted octanol–water partition coefficient (Wildman–Crippen LogP) is 5.34. The van der Waals surface area contributed by atoms with Crippen LogP contribution < -0.4 is 19.7 Å². The number of hydrogen-bond donors (Lipinski definition) is 1. The smallest absolute Gasteiger partial charge is 0.270 e. The molecule has 0 unspecified atom stereocenters. The summed E-state index contributed by atoms with van der Waals surface area (Å²) in [4.78, 5) is 37.5. The van der Waals surface area contributed by atoms with E-state index in [1.54, 1.807) is 24.3 Å². The molecule has 4 rings (SSSR count). The Morgan fingerprint density at radius 2 is 1.86 bits per heavy atom. The van der Waals surface area contributed by atoms with Gasteiger partial charge in [0.05, 0.1) is 22.6 Å². The number of hydrogen-bond acceptors (Lipinski definition) is 8. The summed E-state index contributed by atoms with van der Waals surface area (Å²) < 4.78 is 11.4. The number of nitro benzene ring substituents is 1. The number of carbonyl (C=O) groups is 2. The highest BCUT2D eigenvalue weighted by Crippen LogP contribution is 2.37. The Morgan fingerprint density at radius 3 is 2.54 bits per heavy atom. The summed E-state index contributed by atoms with van der Waals surface area (Å²) in [5.74, 6) is 0.118. The molecule has 11 heteroatoms. The molecular formula is C26H21N3O6S2. The van der Waals surface area contributed by atoms with E-state index in [0.717, 1.165) is 17.3 Å². The molecule has 1 fully saturated rings. The standard InChI is InChI=1S/C26H21N3O6S2/c1-16-5-3-4-6-20(16)27-24(30)15-35-21-12-7-17(13-22(21)34-2)14-23-25(31)28(26(36)37-23)18-8-10-19(11-9-18)29(32)33/h3-14H,15H2,1-2H3,(H,27,30)/b23-14+. The molecule has 0 aliphatic carbocycles. The van der Waals surface area contributed by atoms with E-state index in [1.165, 1.54) is 36.3 Å². The molecule has 0 saturated carbocycles. The Labute approximate surface area is 222 Å². The number of anilines is 2. The minimum atomic E-state index is -0.509. The average Bonchev–Trinajstić information content (AvgIpc) is 3.16. The number of rotatable bonds is 8. The Bertz CT molecular complexity index is 1420. The Balaban J connectivity index is 1.45. The van der Waals surface area contributed by atoms with Crippen molar-refractivity contribution in [3.05, 3.63) is 92.9 Å². The van der Waals surface area contributed by atoms with E-state index in [9.17, 15) is 19.7 Å². The Kier molecular flexibility index (Phi) is 7.85. The van der Waals surface area contributed by atoms with Gasteiger partial charge in [-0.05, 0) is 54.5 Å². The molecule has 1 N–H and O–H groups in total. The summed E-state index contributed by atoms with van der Waals surface area (Å²) in [5, 5.41) is 13.7. The number of nitrogens with one attached hydrogen (secondary N) is 1. The van der Waals surface area contributed by atoms with Crippen LogP contribution in [0.2, 0.25) is 0 Å². The van der Waals surface area contributed by atoms with E-state index < -0.39 is 4.92 Å². The number of amides is 2. The lowest BCUT2D eigenvalue weighted by atomic mass is 10.1. The van der Waals surface area contributed by atoms with Crippen molar-refractivity contribution in [3.63, 3.8) is 0 Å². The van der Waals surface area contributed by atoms with Crippen molar-refractivity contribution in [2.75, 3.05) is 23.9 Å². The molecule has 1 aliphatic heterocycles. The number of nitro groups is 1. The topological polar surface area (TPSA) is 111 Å². The molecule has 1 saturated heterocycles. The third-order valence-electron chi connectivity index (χ3n) is 5.38. The second-order valence-electron chi connectivity index (χ2n) is 7.85. The minimum Gasteiger partial charge on any atom is -0.493 e. The fourth-order valence-corrected chi connectivity index (χ4v) is 4.80. The average molecular weight is 536 g/mol. The highest BCUT2D eigenvalue weighted by atomic mass is 32.2. The lowest BCUT2D eigenvalue weighted by Gasteiger charge is -2.14. The molecule has 1 heterocycles. The molecule has 9 nitrogen and oxygen atoms in total. The van der Waals surface area contributed by atoms with Crippen LogP contribution in [-0.4, -0.2) is 34.8 Å². The summed E-state index contributed by atoms with van der Waals surface area (Å²) in [6.45, 7) is 1.69. The monoisotopic (exact) mass is 535 g/mol.